The summed E-state index contributed by atoms with van der Waals surface area (Å²) in [5, 5.41) is 0. The average Bonchev–Trinajstić information content (AvgIpc) is 2.61. The number of benzene rings is 2. The summed E-state index contributed by atoms with van der Waals surface area (Å²) in [4.78, 5) is 2.39. The molecule has 0 aliphatic rings. The SMILES string of the molecule is Cl.Cl.Cl.Cl.NCC(CN)(CN)CN(Cc1ccccc1)Cc1ccccc1. The molecule has 0 bridgehead atoms. The van der Waals surface area contributed by atoms with E-state index in [0.29, 0.717) is 19.6 Å². The zero-order valence-electron chi connectivity index (χ0n) is 15.3. The van der Waals surface area contributed by atoms with Crippen molar-refractivity contribution in [1.29, 1.82) is 0 Å². The molecule has 27 heavy (non-hydrogen) atoms. The van der Waals surface area contributed by atoms with Gasteiger partial charge in [-0.3, -0.25) is 4.90 Å². The van der Waals surface area contributed by atoms with E-state index in [2.05, 4.69) is 53.4 Å². The van der Waals surface area contributed by atoms with Crippen LogP contribution in [0.25, 0.3) is 0 Å². The fourth-order valence-corrected chi connectivity index (χ4v) is 2.77. The quantitative estimate of drug-likeness (QED) is 0.539. The minimum Gasteiger partial charge on any atom is -0.330 e. The Morgan fingerprint density at radius 2 is 0.926 bits per heavy atom. The normalized spacial score (nSPS) is 10.1. The lowest BCUT2D eigenvalue weighted by atomic mass is 9.87. The molecule has 0 fully saturated rings. The van der Waals surface area contributed by atoms with E-state index in [1.54, 1.807) is 0 Å². The maximum absolute atomic E-state index is 5.98. The van der Waals surface area contributed by atoms with Crippen LogP contribution in [-0.4, -0.2) is 31.1 Å². The van der Waals surface area contributed by atoms with Gasteiger partial charge in [-0.25, -0.2) is 0 Å². The van der Waals surface area contributed by atoms with E-state index in [1.807, 2.05) is 12.1 Å². The highest BCUT2D eigenvalue weighted by Gasteiger charge is 2.28. The van der Waals surface area contributed by atoms with E-state index < -0.39 is 0 Å². The van der Waals surface area contributed by atoms with Crippen LogP contribution < -0.4 is 17.2 Å². The van der Waals surface area contributed by atoms with Gasteiger partial charge in [0.05, 0.1) is 0 Å². The van der Waals surface area contributed by atoms with Crippen LogP contribution in [0.3, 0.4) is 0 Å². The molecule has 0 spiro atoms. The molecule has 0 atom stereocenters. The van der Waals surface area contributed by atoms with E-state index in [1.165, 1.54) is 11.1 Å². The molecule has 2 aromatic rings. The van der Waals surface area contributed by atoms with E-state index in [0.717, 1.165) is 19.6 Å². The monoisotopic (exact) mass is 456 g/mol. The molecule has 0 unspecified atom stereocenters. The number of nitrogens with two attached hydrogens (primary N) is 3. The van der Waals surface area contributed by atoms with E-state index in [-0.39, 0.29) is 55.0 Å². The Morgan fingerprint density at radius 1 is 0.593 bits per heavy atom. The fourth-order valence-electron chi connectivity index (χ4n) is 2.77. The van der Waals surface area contributed by atoms with Gasteiger partial charge in [-0.2, -0.15) is 0 Å². The first-order valence-electron chi connectivity index (χ1n) is 8.12. The Morgan fingerprint density at radius 3 is 1.22 bits per heavy atom. The van der Waals surface area contributed by atoms with Gasteiger partial charge in [0, 0.05) is 44.7 Å². The first-order valence-corrected chi connectivity index (χ1v) is 8.12. The topological polar surface area (TPSA) is 81.3 Å². The van der Waals surface area contributed by atoms with Crippen molar-refractivity contribution in [2.75, 3.05) is 26.2 Å². The van der Waals surface area contributed by atoms with Gasteiger partial charge in [0.15, 0.2) is 0 Å². The van der Waals surface area contributed by atoms with Gasteiger partial charge < -0.3 is 17.2 Å². The molecule has 156 valence electrons. The Hall–Kier alpha value is -0.560. The number of hydrogen-bond donors (Lipinski definition) is 3. The van der Waals surface area contributed by atoms with Crippen LogP contribution >= 0.6 is 49.6 Å². The lowest BCUT2D eigenvalue weighted by molar-refractivity contribution is 0.151. The molecule has 6 N–H and O–H groups in total. The van der Waals surface area contributed by atoms with Gasteiger partial charge in [0.2, 0.25) is 0 Å². The third kappa shape index (κ3) is 9.97. The third-order valence-electron chi connectivity index (χ3n) is 4.36. The summed E-state index contributed by atoms with van der Waals surface area (Å²) in [5.74, 6) is 0. The van der Waals surface area contributed by atoms with Crippen LogP contribution in [0, 0.1) is 5.41 Å². The van der Waals surface area contributed by atoms with Crippen LogP contribution in [-0.2, 0) is 13.1 Å². The summed E-state index contributed by atoms with van der Waals surface area (Å²) < 4.78 is 0. The van der Waals surface area contributed by atoms with Crippen molar-refractivity contribution in [3.05, 3.63) is 71.8 Å². The zero-order chi connectivity index (χ0) is 16.5. The molecule has 8 heteroatoms. The largest absolute Gasteiger partial charge is 0.330 e. The summed E-state index contributed by atoms with van der Waals surface area (Å²) in [7, 11) is 0. The summed E-state index contributed by atoms with van der Waals surface area (Å²) in [6.45, 7) is 4.01. The van der Waals surface area contributed by atoms with Crippen LogP contribution in [0.15, 0.2) is 60.7 Å². The van der Waals surface area contributed by atoms with Crippen molar-refractivity contribution in [3.8, 4) is 0 Å². The van der Waals surface area contributed by atoms with Gasteiger partial charge in [0.1, 0.15) is 0 Å². The van der Waals surface area contributed by atoms with E-state index >= 15 is 0 Å². The van der Waals surface area contributed by atoms with Gasteiger partial charge in [-0.1, -0.05) is 60.7 Å². The molecule has 0 saturated heterocycles. The Balaban J connectivity index is -0.00000144. The molecule has 0 aliphatic heterocycles. The van der Waals surface area contributed by atoms with Crippen molar-refractivity contribution < 1.29 is 0 Å². The van der Waals surface area contributed by atoms with Crippen molar-refractivity contribution in [2.45, 2.75) is 13.1 Å². The average molecular weight is 458 g/mol. The van der Waals surface area contributed by atoms with Crippen molar-refractivity contribution in [2.24, 2.45) is 22.6 Å². The molecule has 0 radical (unpaired) electrons. The highest BCUT2D eigenvalue weighted by Crippen LogP contribution is 2.18. The van der Waals surface area contributed by atoms with Gasteiger partial charge in [-0.05, 0) is 11.1 Å². The molecule has 0 aliphatic carbocycles. The van der Waals surface area contributed by atoms with Crippen LogP contribution in [0.2, 0.25) is 0 Å². The molecular formula is C19H32Cl4N4. The Bertz CT molecular complexity index is 519. The fraction of sp³-hybridized carbons (Fsp3) is 0.368. The first-order chi connectivity index (χ1) is 11.2. The maximum Gasteiger partial charge on any atom is 0.0237 e. The second-order valence-electron chi connectivity index (χ2n) is 6.23. The standard InChI is InChI=1S/C19H28N4.4ClH/c20-13-19(14-21,15-22)16-23(11-17-7-3-1-4-8-17)12-18-9-5-2-6-10-18;;;;/h1-10H,11-16,20-22H2;4*1H. The molecule has 0 saturated carbocycles. The van der Waals surface area contributed by atoms with Gasteiger partial charge in [0.25, 0.3) is 0 Å². The number of rotatable bonds is 9. The van der Waals surface area contributed by atoms with Gasteiger partial charge >= 0.3 is 0 Å². The minimum atomic E-state index is -0.233. The maximum atomic E-state index is 5.98. The molecule has 0 heterocycles. The molecule has 2 aromatic carbocycles. The van der Waals surface area contributed by atoms with E-state index in [4.69, 9.17) is 17.2 Å². The van der Waals surface area contributed by atoms with Crippen molar-refractivity contribution in [1.82, 2.24) is 4.90 Å². The lowest BCUT2D eigenvalue weighted by Crippen LogP contribution is -2.51. The van der Waals surface area contributed by atoms with Crippen LogP contribution in [0.5, 0.6) is 0 Å². The van der Waals surface area contributed by atoms with Gasteiger partial charge in [-0.15, -0.1) is 49.6 Å². The molecule has 0 aromatic heterocycles. The Labute approximate surface area is 187 Å². The summed E-state index contributed by atoms with van der Waals surface area (Å²) in [5.41, 5.74) is 20.3. The predicted molar refractivity (Wildman–Crippen MR) is 126 cm³/mol. The molecular weight excluding hydrogens is 426 g/mol. The van der Waals surface area contributed by atoms with Crippen LogP contribution in [0.4, 0.5) is 0 Å². The summed E-state index contributed by atoms with van der Waals surface area (Å²) in [6, 6.07) is 20.9. The molecule has 0 amide bonds. The number of hydrogen-bond acceptors (Lipinski definition) is 4. The summed E-state index contributed by atoms with van der Waals surface area (Å²) in [6.07, 6.45) is 0. The van der Waals surface area contributed by atoms with Crippen LogP contribution in [0.1, 0.15) is 11.1 Å². The second kappa shape index (κ2) is 16.4. The predicted octanol–water partition coefficient (Wildman–Crippen LogP) is 3.24. The molecule has 2 rings (SSSR count). The smallest absolute Gasteiger partial charge is 0.0237 e. The third-order valence-corrected chi connectivity index (χ3v) is 4.36. The van der Waals surface area contributed by atoms with E-state index in [9.17, 15) is 0 Å². The summed E-state index contributed by atoms with van der Waals surface area (Å²) >= 11 is 0. The highest BCUT2D eigenvalue weighted by atomic mass is 35.5. The number of halogens is 4. The minimum absolute atomic E-state index is 0. The highest BCUT2D eigenvalue weighted by molar-refractivity contribution is 5.86. The van der Waals surface area contributed by atoms with Crippen molar-refractivity contribution in [3.63, 3.8) is 0 Å². The first kappa shape index (κ1) is 31.1. The number of nitrogens with zero attached hydrogens (tertiary/aromatic N) is 1. The second-order valence-corrected chi connectivity index (χ2v) is 6.23. The zero-order valence-corrected chi connectivity index (χ0v) is 18.6. The van der Waals surface area contributed by atoms with Crippen molar-refractivity contribution >= 4 is 49.6 Å². The lowest BCUT2D eigenvalue weighted by Gasteiger charge is -2.36. The Kier molecular flexibility index (Phi) is 18.9. The molecule has 4 nitrogen and oxygen atoms in total.